The lowest BCUT2D eigenvalue weighted by atomic mass is 10.2. The van der Waals surface area contributed by atoms with Crippen LogP contribution in [0, 0.1) is 13.8 Å². The Morgan fingerprint density at radius 3 is 2.49 bits per heavy atom. The van der Waals surface area contributed by atoms with E-state index in [0.717, 1.165) is 9.87 Å². The largest absolute Gasteiger partial charge is 0.454 e. The second-order valence-electron chi connectivity index (χ2n) is 7.78. The number of amides is 1. The fourth-order valence-corrected chi connectivity index (χ4v) is 5.54. The molecule has 0 fully saturated rings. The van der Waals surface area contributed by atoms with Gasteiger partial charge < -0.3 is 9.47 Å². The van der Waals surface area contributed by atoms with Crippen molar-refractivity contribution in [1.82, 2.24) is 5.43 Å². The van der Waals surface area contributed by atoms with Crippen molar-refractivity contribution in [2.45, 2.75) is 18.7 Å². The second-order valence-corrected chi connectivity index (χ2v) is 10.9. The molecule has 1 amide bonds. The molecule has 0 aliphatic carbocycles. The van der Waals surface area contributed by atoms with E-state index in [1.807, 2.05) is 6.92 Å². The van der Waals surface area contributed by atoms with E-state index in [2.05, 4.69) is 26.5 Å². The highest BCUT2D eigenvalue weighted by Crippen LogP contribution is 2.36. The van der Waals surface area contributed by atoms with Gasteiger partial charge in [-0.25, -0.2) is 13.8 Å². The normalized spacial score (nSPS) is 12.7. The molecule has 1 N–H and O–H groups in total. The number of ether oxygens (including phenoxy) is 2. The number of benzene rings is 3. The van der Waals surface area contributed by atoms with E-state index in [0.29, 0.717) is 37.8 Å². The summed E-state index contributed by atoms with van der Waals surface area (Å²) in [4.78, 5) is 12.9. The minimum atomic E-state index is -4.05. The lowest BCUT2D eigenvalue weighted by molar-refractivity contribution is -0.119. The van der Waals surface area contributed by atoms with Crippen molar-refractivity contribution < 1.29 is 22.7 Å². The first-order valence-corrected chi connectivity index (χ1v) is 13.0. The van der Waals surface area contributed by atoms with Crippen molar-refractivity contribution in [1.29, 1.82) is 0 Å². The minimum absolute atomic E-state index is 0.0676. The van der Waals surface area contributed by atoms with E-state index in [9.17, 15) is 13.2 Å². The third-order valence-corrected chi connectivity index (χ3v) is 7.90. The van der Waals surface area contributed by atoms with E-state index in [1.54, 1.807) is 49.4 Å². The van der Waals surface area contributed by atoms with Crippen LogP contribution in [0.3, 0.4) is 0 Å². The minimum Gasteiger partial charge on any atom is -0.454 e. The molecular formula is C24H21BrClN3O5S. The van der Waals surface area contributed by atoms with E-state index < -0.39 is 22.5 Å². The fourth-order valence-electron chi connectivity index (χ4n) is 3.41. The Morgan fingerprint density at radius 2 is 1.80 bits per heavy atom. The third-order valence-electron chi connectivity index (χ3n) is 5.21. The smallest absolute Gasteiger partial charge is 0.264 e. The lowest BCUT2D eigenvalue weighted by Gasteiger charge is -2.25. The first-order valence-electron chi connectivity index (χ1n) is 10.4. The zero-order valence-electron chi connectivity index (χ0n) is 18.8. The van der Waals surface area contributed by atoms with Gasteiger partial charge in [-0.05, 0) is 77.8 Å². The molecule has 0 aromatic heterocycles. The van der Waals surface area contributed by atoms with Gasteiger partial charge in [-0.1, -0.05) is 29.3 Å². The maximum absolute atomic E-state index is 13.5. The molecule has 8 nitrogen and oxygen atoms in total. The number of hydrazone groups is 1. The zero-order valence-corrected chi connectivity index (χ0v) is 21.9. The van der Waals surface area contributed by atoms with Crippen LogP contribution >= 0.6 is 27.5 Å². The van der Waals surface area contributed by atoms with Crippen LogP contribution in [0.25, 0.3) is 0 Å². The van der Waals surface area contributed by atoms with Gasteiger partial charge >= 0.3 is 0 Å². The summed E-state index contributed by atoms with van der Waals surface area (Å²) in [6, 6.07) is 14.7. The van der Waals surface area contributed by atoms with Crippen LogP contribution in [-0.4, -0.2) is 33.9 Å². The van der Waals surface area contributed by atoms with Crippen molar-refractivity contribution in [3.63, 3.8) is 0 Å². The second kappa shape index (κ2) is 10.3. The van der Waals surface area contributed by atoms with Crippen molar-refractivity contribution in [3.8, 4) is 11.5 Å². The number of nitrogens with one attached hydrogen (secondary N) is 1. The van der Waals surface area contributed by atoms with Crippen LogP contribution in [-0.2, 0) is 14.8 Å². The van der Waals surface area contributed by atoms with Gasteiger partial charge in [0.2, 0.25) is 6.79 Å². The molecule has 3 aromatic carbocycles. The molecule has 1 heterocycles. The Morgan fingerprint density at radius 1 is 1.11 bits per heavy atom. The maximum atomic E-state index is 13.5. The fraction of sp³-hybridized carbons (Fsp3) is 0.167. The highest BCUT2D eigenvalue weighted by molar-refractivity contribution is 9.10. The summed E-state index contributed by atoms with van der Waals surface area (Å²) in [5.74, 6) is 0.547. The number of halogens is 2. The molecule has 0 radical (unpaired) electrons. The van der Waals surface area contributed by atoms with Gasteiger partial charge in [-0.15, -0.1) is 0 Å². The quantitative estimate of drug-likeness (QED) is 0.321. The van der Waals surface area contributed by atoms with E-state index in [1.165, 1.54) is 18.3 Å². The molecular weight excluding hydrogens is 558 g/mol. The molecule has 0 bridgehead atoms. The van der Waals surface area contributed by atoms with Gasteiger partial charge in [0, 0.05) is 15.1 Å². The van der Waals surface area contributed by atoms with Crippen LogP contribution in [0.5, 0.6) is 11.5 Å². The topological polar surface area (TPSA) is 97.3 Å². The van der Waals surface area contributed by atoms with Gasteiger partial charge in [0.1, 0.15) is 6.54 Å². The number of carbonyl (C=O) groups is 1. The van der Waals surface area contributed by atoms with E-state index in [4.69, 9.17) is 21.1 Å². The van der Waals surface area contributed by atoms with E-state index in [-0.39, 0.29) is 11.7 Å². The average molecular weight is 579 g/mol. The standard InChI is InChI=1S/C24H21BrClN3O5S/c1-15-3-6-19(7-4-15)35(31,32)29(21-8-5-18(26)9-16(21)2)13-24(30)28-27-12-17-10-22-23(11-20(17)25)34-14-33-22/h3-12H,13-14H2,1-2H3,(H,28,30). The average Bonchev–Trinajstić information content (AvgIpc) is 3.25. The highest BCUT2D eigenvalue weighted by Gasteiger charge is 2.28. The van der Waals surface area contributed by atoms with Gasteiger partial charge in [0.05, 0.1) is 16.8 Å². The molecule has 0 saturated heterocycles. The summed E-state index contributed by atoms with van der Waals surface area (Å²) in [5, 5.41) is 4.44. The van der Waals surface area contributed by atoms with Crippen molar-refractivity contribution in [2.24, 2.45) is 5.10 Å². The number of hydrogen-bond donors (Lipinski definition) is 1. The molecule has 0 unspecified atom stereocenters. The molecule has 35 heavy (non-hydrogen) atoms. The number of anilines is 1. The van der Waals surface area contributed by atoms with Crippen LogP contribution in [0.2, 0.25) is 5.02 Å². The summed E-state index contributed by atoms with van der Waals surface area (Å²) in [6.07, 6.45) is 1.43. The first kappa shape index (κ1) is 25.0. The summed E-state index contributed by atoms with van der Waals surface area (Å²) in [5.41, 5.74) is 4.90. The lowest BCUT2D eigenvalue weighted by Crippen LogP contribution is -2.40. The third kappa shape index (κ3) is 5.61. The van der Waals surface area contributed by atoms with Crippen LogP contribution < -0.4 is 19.2 Å². The zero-order chi connectivity index (χ0) is 25.2. The number of hydrogen-bond acceptors (Lipinski definition) is 6. The Labute approximate surface area is 216 Å². The number of nitrogens with zero attached hydrogens (tertiary/aromatic N) is 2. The van der Waals surface area contributed by atoms with Crippen molar-refractivity contribution >= 4 is 55.4 Å². The predicted molar refractivity (Wildman–Crippen MR) is 138 cm³/mol. The molecule has 1 aliphatic heterocycles. The van der Waals surface area contributed by atoms with Gasteiger partial charge in [0.15, 0.2) is 11.5 Å². The van der Waals surface area contributed by atoms with Crippen molar-refractivity contribution in [2.75, 3.05) is 17.6 Å². The number of aryl methyl sites for hydroxylation is 2. The van der Waals surface area contributed by atoms with E-state index >= 15 is 0 Å². The number of sulfonamides is 1. The molecule has 0 saturated carbocycles. The summed E-state index contributed by atoms with van der Waals surface area (Å²) < 4.78 is 39.4. The monoisotopic (exact) mass is 577 g/mol. The SMILES string of the molecule is Cc1ccc(S(=O)(=O)N(CC(=O)NN=Cc2cc3c(cc2Br)OCO3)c2ccc(Cl)cc2C)cc1. The summed E-state index contributed by atoms with van der Waals surface area (Å²) >= 11 is 9.48. The highest BCUT2D eigenvalue weighted by atomic mass is 79.9. The van der Waals surface area contributed by atoms with Gasteiger partial charge in [-0.3, -0.25) is 9.10 Å². The van der Waals surface area contributed by atoms with Gasteiger partial charge in [0.25, 0.3) is 15.9 Å². The number of rotatable bonds is 7. The molecule has 182 valence electrons. The summed E-state index contributed by atoms with van der Waals surface area (Å²) in [6.45, 7) is 3.24. The number of fused-ring (bicyclic) bond motifs is 1. The van der Waals surface area contributed by atoms with Crippen LogP contribution in [0.1, 0.15) is 16.7 Å². The molecule has 0 spiro atoms. The van der Waals surface area contributed by atoms with Crippen LogP contribution in [0.15, 0.2) is 69.1 Å². The Hall–Kier alpha value is -3.08. The predicted octanol–water partition coefficient (Wildman–Crippen LogP) is 4.79. The molecule has 0 atom stereocenters. The summed E-state index contributed by atoms with van der Waals surface area (Å²) in [7, 11) is -4.05. The van der Waals surface area contributed by atoms with Crippen LogP contribution in [0.4, 0.5) is 5.69 Å². The number of carbonyl (C=O) groups excluding carboxylic acids is 1. The Balaban J connectivity index is 1.58. The molecule has 3 aromatic rings. The molecule has 4 rings (SSSR count). The van der Waals surface area contributed by atoms with Crippen molar-refractivity contribution in [3.05, 3.63) is 80.8 Å². The van der Waals surface area contributed by atoms with Gasteiger partial charge in [-0.2, -0.15) is 5.10 Å². The Bertz CT molecular complexity index is 1410. The Kier molecular flexibility index (Phi) is 7.34. The maximum Gasteiger partial charge on any atom is 0.264 e. The molecule has 1 aliphatic rings. The molecule has 11 heteroatoms. The first-order chi connectivity index (χ1) is 16.6.